The van der Waals surface area contributed by atoms with Crippen LogP contribution in [0.25, 0.3) is 0 Å². The van der Waals surface area contributed by atoms with Gasteiger partial charge in [0, 0.05) is 5.69 Å². The molecule has 2 amide bonds. The molecule has 1 aliphatic rings. The summed E-state index contributed by atoms with van der Waals surface area (Å²) in [4.78, 5) is 32.4. The Hall–Kier alpha value is -3.93. The van der Waals surface area contributed by atoms with E-state index in [1.54, 1.807) is 24.3 Å². The van der Waals surface area contributed by atoms with E-state index in [2.05, 4.69) is 18.3 Å². The molecule has 0 unspecified atom stereocenters. The number of nitrogens with one attached hydrogen (secondary N) is 1. The number of aliphatic imine (C=N–C) groups is 1. The van der Waals surface area contributed by atoms with Gasteiger partial charge >= 0.3 is 0 Å². The monoisotopic (exact) mass is 441 g/mol. The number of fused-ring (bicyclic) bond motifs is 1. The molecule has 0 spiro atoms. The van der Waals surface area contributed by atoms with Gasteiger partial charge in [0.25, 0.3) is 0 Å². The third-order valence-electron chi connectivity index (χ3n) is 5.64. The van der Waals surface area contributed by atoms with Crippen LogP contribution in [0.4, 0.5) is 17.1 Å². The van der Waals surface area contributed by atoms with Gasteiger partial charge in [-0.05, 0) is 79.9 Å². The smallest absolute Gasteiger partial charge is 0.244 e. The molecule has 6 heteroatoms. The van der Waals surface area contributed by atoms with E-state index in [0.29, 0.717) is 29.4 Å². The van der Waals surface area contributed by atoms with E-state index in [0.717, 1.165) is 16.9 Å². The Bertz CT molecular complexity index is 1220. The highest BCUT2D eigenvalue weighted by molar-refractivity contribution is 6.19. The van der Waals surface area contributed by atoms with Crippen LogP contribution < -0.4 is 15.0 Å². The van der Waals surface area contributed by atoms with Crippen molar-refractivity contribution < 1.29 is 14.3 Å². The Kier molecular flexibility index (Phi) is 6.54. The molecule has 1 N–H and O–H groups in total. The predicted molar refractivity (Wildman–Crippen MR) is 132 cm³/mol. The van der Waals surface area contributed by atoms with Crippen molar-refractivity contribution in [1.82, 2.24) is 0 Å². The molecule has 6 nitrogen and oxygen atoms in total. The predicted octanol–water partition coefficient (Wildman–Crippen LogP) is 5.20. The molecule has 0 saturated heterocycles. The summed E-state index contributed by atoms with van der Waals surface area (Å²) < 4.78 is 5.44. The van der Waals surface area contributed by atoms with Crippen LogP contribution in [0.2, 0.25) is 0 Å². The van der Waals surface area contributed by atoms with Gasteiger partial charge in [0.1, 0.15) is 12.3 Å². The molecular formula is C27H27N3O3. The van der Waals surface area contributed by atoms with Gasteiger partial charge in [-0.15, -0.1) is 0 Å². The van der Waals surface area contributed by atoms with Crippen molar-refractivity contribution in [3.63, 3.8) is 0 Å². The topological polar surface area (TPSA) is 71.0 Å². The molecule has 0 atom stereocenters. The summed E-state index contributed by atoms with van der Waals surface area (Å²) in [6.45, 7) is 6.50. The molecule has 0 aromatic heterocycles. The first-order chi connectivity index (χ1) is 15.9. The highest BCUT2D eigenvalue weighted by Gasteiger charge is 2.26. The average Bonchev–Trinajstić information content (AvgIpc) is 2.94. The maximum Gasteiger partial charge on any atom is 0.244 e. The Balaban J connectivity index is 1.56. The molecule has 3 aromatic carbocycles. The SMILES string of the molecule is CCOc1ccc(NC(=O)CN2C(=O)CC(c3ccc(C)c(C)c3)=Nc3ccccc32)cc1. The summed E-state index contributed by atoms with van der Waals surface area (Å²) in [6.07, 6.45) is 0.119. The second kappa shape index (κ2) is 9.69. The molecule has 0 fully saturated rings. The maximum atomic E-state index is 13.3. The quantitative estimate of drug-likeness (QED) is 0.572. The Labute approximate surface area is 193 Å². The highest BCUT2D eigenvalue weighted by Crippen LogP contribution is 2.33. The number of anilines is 2. The third kappa shape index (κ3) is 5.12. The minimum absolute atomic E-state index is 0.0984. The highest BCUT2D eigenvalue weighted by atomic mass is 16.5. The minimum Gasteiger partial charge on any atom is -0.494 e. The van der Waals surface area contributed by atoms with Crippen molar-refractivity contribution in [3.05, 3.63) is 83.4 Å². The van der Waals surface area contributed by atoms with Gasteiger partial charge in [-0.25, -0.2) is 0 Å². The Morgan fingerprint density at radius 3 is 2.52 bits per heavy atom. The largest absolute Gasteiger partial charge is 0.494 e. The molecular weight excluding hydrogens is 414 g/mol. The zero-order valence-electron chi connectivity index (χ0n) is 19.1. The summed E-state index contributed by atoms with van der Waals surface area (Å²) in [5.41, 5.74) is 5.89. The number of nitrogens with zero attached hydrogens (tertiary/aromatic N) is 2. The van der Waals surface area contributed by atoms with Crippen molar-refractivity contribution in [2.75, 3.05) is 23.4 Å². The summed E-state index contributed by atoms with van der Waals surface area (Å²) in [5, 5.41) is 2.86. The van der Waals surface area contributed by atoms with Crippen molar-refractivity contribution in [2.24, 2.45) is 4.99 Å². The number of carbonyl (C=O) groups excluding carboxylic acids is 2. The lowest BCUT2D eigenvalue weighted by Gasteiger charge is -2.22. The lowest BCUT2D eigenvalue weighted by Crippen LogP contribution is -2.38. The average molecular weight is 442 g/mol. The van der Waals surface area contributed by atoms with Gasteiger partial charge in [0.15, 0.2) is 0 Å². The molecule has 0 radical (unpaired) electrons. The van der Waals surface area contributed by atoms with E-state index >= 15 is 0 Å². The lowest BCUT2D eigenvalue weighted by atomic mass is 10.0. The number of hydrogen-bond acceptors (Lipinski definition) is 4. The second-order valence-corrected chi connectivity index (χ2v) is 8.01. The Morgan fingerprint density at radius 1 is 1.03 bits per heavy atom. The van der Waals surface area contributed by atoms with Crippen molar-refractivity contribution in [2.45, 2.75) is 27.2 Å². The first kappa shape index (κ1) is 22.3. The van der Waals surface area contributed by atoms with Crippen LogP contribution in [-0.2, 0) is 9.59 Å². The third-order valence-corrected chi connectivity index (χ3v) is 5.64. The van der Waals surface area contributed by atoms with Gasteiger partial charge in [0.2, 0.25) is 11.8 Å². The van der Waals surface area contributed by atoms with Crippen LogP contribution in [0.5, 0.6) is 5.75 Å². The van der Waals surface area contributed by atoms with Crippen molar-refractivity contribution >= 4 is 34.6 Å². The summed E-state index contributed by atoms with van der Waals surface area (Å²) in [6, 6.07) is 20.7. The number of para-hydroxylation sites is 2. The number of carbonyl (C=O) groups is 2. The molecule has 0 saturated carbocycles. The normalized spacial score (nSPS) is 13.1. The number of aryl methyl sites for hydroxylation is 2. The number of amides is 2. The molecule has 4 rings (SSSR count). The zero-order chi connectivity index (χ0) is 23.4. The molecule has 3 aromatic rings. The zero-order valence-corrected chi connectivity index (χ0v) is 19.1. The van der Waals surface area contributed by atoms with Gasteiger partial charge in [-0.3, -0.25) is 14.6 Å². The van der Waals surface area contributed by atoms with Gasteiger partial charge in [-0.1, -0.05) is 24.3 Å². The summed E-state index contributed by atoms with van der Waals surface area (Å²) in [5.74, 6) is 0.291. The van der Waals surface area contributed by atoms with E-state index in [-0.39, 0.29) is 24.8 Å². The van der Waals surface area contributed by atoms with E-state index in [1.165, 1.54) is 10.5 Å². The van der Waals surface area contributed by atoms with E-state index in [1.807, 2.05) is 50.2 Å². The van der Waals surface area contributed by atoms with Crippen LogP contribution in [0, 0.1) is 13.8 Å². The van der Waals surface area contributed by atoms with Crippen LogP contribution >= 0.6 is 0 Å². The van der Waals surface area contributed by atoms with Gasteiger partial charge in [0.05, 0.1) is 30.1 Å². The summed E-state index contributed by atoms with van der Waals surface area (Å²) >= 11 is 0. The standard InChI is InChI=1S/C27H27N3O3/c1-4-33-22-13-11-21(12-14-22)28-26(31)17-30-25-8-6-5-7-23(25)29-24(16-27(30)32)20-10-9-18(2)19(3)15-20/h5-15H,4,16-17H2,1-3H3,(H,28,31). The fourth-order valence-corrected chi connectivity index (χ4v) is 3.75. The van der Waals surface area contributed by atoms with Gasteiger partial charge < -0.3 is 15.0 Å². The molecule has 0 bridgehead atoms. The first-order valence-electron chi connectivity index (χ1n) is 11.0. The van der Waals surface area contributed by atoms with Crippen LogP contribution in [0.3, 0.4) is 0 Å². The fraction of sp³-hybridized carbons (Fsp3) is 0.222. The molecule has 168 valence electrons. The number of benzene rings is 3. The lowest BCUT2D eigenvalue weighted by molar-refractivity contribution is -0.120. The molecule has 0 aliphatic carbocycles. The summed E-state index contributed by atoms with van der Waals surface area (Å²) in [7, 11) is 0. The maximum absolute atomic E-state index is 13.3. The van der Waals surface area contributed by atoms with Crippen LogP contribution in [-0.4, -0.2) is 30.7 Å². The van der Waals surface area contributed by atoms with E-state index in [4.69, 9.17) is 9.73 Å². The van der Waals surface area contributed by atoms with Crippen molar-refractivity contribution in [3.8, 4) is 5.75 Å². The number of ether oxygens (including phenoxy) is 1. The van der Waals surface area contributed by atoms with Crippen LogP contribution in [0.1, 0.15) is 30.0 Å². The first-order valence-corrected chi connectivity index (χ1v) is 11.0. The van der Waals surface area contributed by atoms with Crippen LogP contribution in [0.15, 0.2) is 71.7 Å². The number of hydrogen-bond donors (Lipinski definition) is 1. The van der Waals surface area contributed by atoms with E-state index in [9.17, 15) is 9.59 Å². The molecule has 1 heterocycles. The van der Waals surface area contributed by atoms with E-state index < -0.39 is 0 Å². The molecule has 33 heavy (non-hydrogen) atoms. The minimum atomic E-state index is -0.281. The molecule has 1 aliphatic heterocycles. The van der Waals surface area contributed by atoms with Crippen molar-refractivity contribution in [1.29, 1.82) is 0 Å². The number of rotatable bonds is 6. The van der Waals surface area contributed by atoms with Gasteiger partial charge in [-0.2, -0.15) is 0 Å². The second-order valence-electron chi connectivity index (χ2n) is 8.01. The Morgan fingerprint density at radius 2 is 1.79 bits per heavy atom. The fourth-order valence-electron chi connectivity index (χ4n) is 3.75.